The minimum absolute atomic E-state index is 0.101. The van der Waals surface area contributed by atoms with Gasteiger partial charge in [-0.05, 0) is 36.8 Å². The Kier molecular flexibility index (Phi) is 7.01. The molecular weight excluding hydrogens is 459 g/mol. The number of piperazine rings is 1. The van der Waals surface area contributed by atoms with Crippen LogP contribution in [0.5, 0.6) is 0 Å². The van der Waals surface area contributed by atoms with Gasteiger partial charge >= 0.3 is 12.2 Å². The Morgan fingerprint density at radius 3 is 1.91 bits per heavy atom. The second-order valence-electron chi connectivity index (χ2n) is 7.80. The van der Waals surface area contributed by atoms with Crippen LogP contribution in [0.2, 0.25) is 0 Å². The molecule has 0 unspecified atom stereocenters. The van der Waals surface area contributed by atoms with E-state index in [-0.39, 0.29) is 42.5 Å². The van der Waals surface area contributed by atoms with Gasteiger partial charge in [0, 0.05) is 33.1 Å². The van der Waals surface area contributed by atoms with Crippen molar-refractivity contribution in [2.24, 2.45) is 0 Å². The third-order valence-electron chi connectivity index (χ3n) is 5.43. The Bertz CT molecular complexity index is 1110. The maximum Gasteiger partial charge on any atom is 0.416 e. The fraction of sp³-hybridized carbons (Fsp3) is 0.364. The molecule has 0 saturated carbocycles. The van der Waals surface area contributed by atoms with E-state index in [4.69, 9.17) is 0 Å². The van der Waals surface area contributed by atoms with Gasteiger partial charge in [-0.3, -0.25) is 4.79 Å². The monoisotopic (exact) mass is 483 g/mol. The molecule has 2 aromatic carbocycles. The molecule has 1 saturated heterocycles. The molecule has 0 atom stereocenters. The Balaban J connectivity index is 1.91. The molecule has 33 heavy (non-hydrogen) atoms. The lowest BCUT2D eigenvalue weighted by atomic mass is 10.1. The number of hydrogen-bond donors (Lipinski definition) is 0. The first kappa shape index (κ1) is 24.6. The van der Waals surface area contributed by atoms with Crippen molar-refractivity contribution in [3.05, 3.63) is 65.2 Å². The summed E-state index contributed by atoms with van der Waals surface area (Å²) in [5.74, 6) is -0.143. The molecule has 1 fully saturated rings. The topological polar surface area (TPSA) is 78.0 Å². The van der Waals surface area contributed by atoms with E-state index < -0.39 is 34.3 Å². The Labute approximate surface area is 190 Å². The fourth-order valence-electron chi connectivity index (χ4n) is 3.43. The first-order chi connectivity index (χ1) is 15.4. The Morgan fingerprint density at radius 2 is 1.42 bits per heavy atom. The van der Waals surface area contributed by atoms with E-state index >= 15 is 0 Å². The van der Waals surface area contributed by atoms with Crippen molar-refractivity contribution in [2.75, 3.05) is 26.2 Å². The lowest BCUT2D eigenvalue weighted by Gasteiger charge is -2.36. The van der Waals surface area contributed by atoms with Crippen molar-refractivity contribution in [1.82, 2.24) is 14.1 Å². The third kappa shape index (κ3) is 5.65. The molecule has 0 bridgehead atoms. The molecule has 7 nitrogen and oxygen atoms in total. The standard InChI is InChI=1S/C22H24F3N3O4S/c1-16-3-9-20(10-4-16)33(31,32)28(15-18-5-7-19(8-6-18)22(23,24)25)21(30)27-13-11-26(12-14-27)17(2)29/h3-10H,11-15H2,1-2H3. The number of carbonyl (C=O) groups is 2. The van der Waals surface area contributed by atoms with Crippen molar-refractivity contribution in [3.63, 3.8) is 0 Å². The number of sulfonamides is 1. The van der Waals surface area contributed by atoms with E-state index in [1.165, 1.54) is 24.0 Å². The summed E-state index contributed by atoms with van der Waals surface area (Å²) in [6, 6.07) is 9.17. The van der Waals surface area contributed by atoms with Gasteiger partial charge < -0.3 is 9.80 Å². The highest BCUT2D eigenvalue weighted by atomic mass is 32.2. The van der Waals surface area contributed by atoms with Crippen molar-refractivity contribution in [2.45, 2.75) is 31.5 Å². The van der Waals surface area contributed by atoms with E-state index in [9.17, 15) is 31.2 Å². The number of carbonyl (C=O) groups excluding carboxylic acids is 2. The number of amides is 3. The number of alkyl halides is 3. The van der Waals surface area contributed by atoms with E-state index in [0.717, 1.165) is 29.8 Å². The number of aryl methyl sites for hydroxylation is 1. The van der Waals surface area contributed by atoms with Crippen LogP contribution >= 0.6 is 0 Å². The summed E-state index contributed by atoms with van der Waals surface area (Å²) in [5.41, 5.74) is 0.190. The summed E-state index contributed by atoms with van der Waals surface area (Å²) >= 11 is 0. The highest BCUT2D eigenvalue weighted by molar-refractivity contribution is 7.89. The lowest BCUT2D eigenvalue weighted by molar-refractivity contribution is -0.137. The summed E-state index contributed by atoms with van der Waals surface area (Å²) in [4.78, 5) is 27.6. The lowest BCUT2D eigenvalue weighted by Crippen LogP contribution is -2.54. The SMILES string of the molecule is CC(=O)N1CCN(C(=O)N(Cc2ccc(C(F)(F)F)cc2)S(=O)(=O)c2ccc(C)cc2)CC1. The van der Waals surface area contributed by atoms with Crippen LogP contribution in [0.4, 0.5) is 18.0 Å². The van der Waals surface area contributed by atoms with E-state index in [1.807, 2.05) is 0 Å². The second kappa shape index (κ2) is 9.42. The molecule has 0 spiro atoms. The van der Waals surface area contributed by atoms with E-state index in [0.29, 0.717) is 4.31 Å². The molecule has 2 aromatic rings. The molecule has 3 rings (SSSR count). The third-order valence-corrected chi connectivity index (χ3v) is 7.16. The van der Waals surface area contributed by atoms with Crippen molar-refractivity contribution < 1.29 is 31.2 Å². The van der Waals surface area contributed by atoms with Crippen LogP contribution in [-0.2, 0) is 27.5 Å². The number of hydrogen-bond acceptors (Lipinski definition) is 4. The first-order valence-corrected chi connectivity index (χ1v) is 11.6. The molecule has 178 valence electrons. The summed E-state index contributed by atoms with van der Waals surface area (Å²) < 4.78 is 66.1. The molecule has 1 aliphatic rings. The quantitative estimate of drug-likeness (QED) is 0.667. The molecule has 3 amide bonds. The molecule has 0 aromatic heterocycles. The minimum atomic E-state index is -4.53. The van der Waals surface area contributed by atoms with Gasteiger partial charge in [0.25, 0.3) is 10.0 Å². The summed E-state index contributed by atoms with van der Waals surface area (Å²) in [6.07, 6.45) is -4.53. The van der Waals surface area contributed by atoms with E-state index in [1.54, 1.807) is 24.0 Å². The van der Waals surface area contributed by atoms with Crippen molar-refractivity contribution >= 4 is 22.0 Å². The molecule has 1 heterocycles. The number of urea groups is 1. The van der Waals surface area contributed by atoms with Gasteiger partial charge in [-0.15, -0.1) is 0 Å². The number of nitrogens with zero attached hydrogens (tertiary/aromatic N) is 3. The number of rotatable bonds is 4. The van der Waals surface area contributed by atoms with Crippen molar-refractivity contribution in [3.8, 4) is 0 Å². The Morgan fingerprint density at radius 1 is 0.909 bits per heavy atom. The maximum absolute atomic E-state index is 13.4. The Hall–Kier alpha value is -3.08. The van der Waals surface area contributed by atoms with Crippen LogP contribution in [0.15, 0.2) is 53.4 Å². The van der Waals surface area contributed by atoms with Crippen LogP contribution in [0, 0.1) is 6.92 Å². The highest BCUT2D eigenvalue weighted by Crippen LogP contribution is 2.30. The molecular formula is C22H24F3N3O4S. The van der Waals surface area contributed by atoms with Crippen LogP contribution in [0.25, 0.3) is 0 Å². The van der Waals surface area contributed by atoms with Gasteiger partial charge in [0.2, 0.25) is 5.91 Å². The summed E-state index contributed by atoms with van der Waals surface area (Å²) in [7, 11) is -4.29. The van der Waals surface area contributed by atoms with E-state index in [2.05, 4.69) is 0 Å². The average molecular weight is 484 g/mol. The maximum atomic E-state index is 13.4. The highest BCUT2D eigenvalue weighted by Gasteiger charge is 2.35. The predicted octanol–water partition coefficient (Wildman–Crippen LogP) is 3.49. The largest absolute Gasteiger partial charge is 0.416 e. The molecule has 0 aliphatic carbocycles. The van der Waals surface area contributed by atoms with Gasteiger partial charge in [-0.25, -0.2) is 17.5 Å². The molecule has 11 heteroatoms. The zero-order valence-corrected chi connectivity index (χ0v) is 19.0. The second-order valence-corrected chi connectivity index (χ2v) is 9.66. The number of benzene rings is 2. The van der Waals surface area contributed by atoms with Crippen LogP contribution in [-0.4, -0.2) is 60.6 Å². The normalized spacial score (nSPS) is 14.8. The first-order valence-electron chi connectivity index (χ1n) is 10.2. The van der Waals surface area contributed by atoms with Gasteiger partial charge in [-0.2, -0.15) is 13.2 Å². The van der Waals surface area contributed by atoms with Crippen LogP contribution in [0.1, 0.15) is 23.6 Å². The van der Waals surface area contributed by atoms with Gasteiger partial charge in [-0.1, -0.05) is 29.8 Å². The molecule has 0 N–H and O–H groups in total. The zero-order chi connectivity index (χ0) is 24.4. The molecule has 0 radical (unpaired) electrons. The minimum Gasteiger partial charge on any atom is -0.339 e. The summed E-state index contributed by atoms with van der Waals surface area (Å²) in [5, 5.41) is 0. The van der Waals surface area contributed by atoms with Gasteiger partial charge in [0.15, 0.2) is 0 Å². The average Bonchev–Trinajstić information content (AvgIpc) is 2.77. The zero-order valence-electron chi connectivity index (χ0n) is 18.2. The van der Waals surface area contributed by atoms with Crippen molar-refractivity contribution in [1.29, 1.82) is 0 Å². The van der Waals surface area contributed by atoms with Crippen LogP contribution < -0.4 is 0 Å². The number of halogens is 3. The predicted molar refractivity (Wildman–Crippen MR) is 115 cm³/mol. The fourth-order valence-corrected chi connectivity index (χ4v) is 4.80. The molecule has 1 aliphatic heterocycles. The summed E-state index contributed by atoms with van der Waals surface area (Å²) in [6.45, 7) is 3.59. The van der Waals surface area contributed by atoms with Gasteiger partial charge in [0.05, 0.1) is 17.0 Å². The smallest absolute Gasteiger partial charge is 0.339 e. The van der Waals surface area contributed by atoms with Gasteiger partial charge in [0.1, 0.15) is 0 Å². The van der Waals surface area contributed by atoms with Crippen LogP contribution in [0.3, 0.4) is 0 Å².